The lowest BCUT2D eigenvalue weighted by atomic mass is 9.80. The maximum Gasteiger partial charge on any atom is 0.243 e. The van der Waals surface area contributed by atoms with Crippen LogP contribution in [0.2, 0.25) is 0 Å². The van der Waals surface area contributed by atoms with Crippen LogP contribution < -0.4 is 0 Å². The standard InChI is InChI=1S/C15H17FN2O2/c1-18(10-12-2-4-13(16)5-3-12)14(19)15(11-17)6-8-20-9-7-15/h2-5H,6-10H2,1H3. The molecule has 1 aromatic rings. The van der Waals surface area contributed by atoms with Gasteiger partial charge in [-0.05, 0) is 30.5 Å². The molecule has 1 aromatic carbocycles. The summed E-state index contributed by atoms with van der Waals surface area (Å²) in [5.74, 6) is -0.492. The van der Waals surface area contributed by atoms with E-state index in [1.165, 1.54) is 17.0 Å². The van der Waals surface area contributed by atoms with Crippen molar-refractivity contribution in [1.29, 1.82) is 5.26 Å². The van der Waals surface area contributed by atoms with Crippen molar-refractivity contribution in [1.82, 2.24) is 4.90 Å². The molecule has 20 heavy (non-hydrogen) atoms. The first kappa shape index (κ1) is 14.5. The van der Waals surface area contributed by atoms with E-state index in [0.717, 1.165) is 5.56 Å². The van der Waals surface area contributed by atoms with Gasteiger partial charge in [0.25, 0.3) is 0 Å². The molecule has 0 spiro atoms. The van der Waals surface area contributed by atoms with Crippen LogP contribution in [0.15, 0.2) is 24.3 Å². The molecule has 4 nitrogen and oxygen atoms in total. The zero-order chi connectivity index (χ0) is 14.6. The normalized spacial score (nSPS) is 17.2. The second-order valence-electron chi connectivity index (χ2n) is 5.09. The monoisotopic (exact) mass is 276 g/mol. The largest absolute Gasteiger partial charge is 0.381 e. The maximum atomic E-state index is 12.9. The van der Waals surface area contributed by atoms with Crippen LogP contribution in [-0.2, 0) is 16.1 Å². The van der Waals surface area contributed by atoms with E-state index in [4.69, 9.17) is 4.74 Å². The summed E-state index contributed by atoms with van der Waals surface area (Å²) in [5, 5.41) is 9.36. The van der Waals surface area contributed by atoms with Crippen molar-refractivity contribution < 1.29 is 13.9 Å². The van der Waals surface area contributed by atoms with Crippen LogP contribution in [0.4, 0.5) is 4.39 Å². The first-order chi connectivity index (χ1) is 9.57. The minimum Gasteiger partial charge on any atom is -0.381 e. The highest BCUT2D eigenvalue weighted by molar-refractivity contribution is 5.85. The molecule has 2 rings (SSSR count). The van der Waals surface area contributed by atoms with Crippen LogP contribution >= 0.6 is 0 Å². The quantitative estimate of drug-likeness (QED) is 0.849. The summed E-state index contributed by atoms with van der Waals surface area (Å²) < 4.78 is 18.1. The Balaban J connectivity index is 2.07. The number of benzene rings is 1. The molecule has 0 radical (unpaired) electrons. The Morgan fingerprint density at radius 3 is 2.55 bits per heavy atom. The minimum absolute atomic E-state index is 0.187. The van der Waals surface area contributed by atoms with Crippen molar-refractivity contribution in [3.05, 3.63) is 35.6 Å². The highest BCUT2D eigenvalue weighted by Gasteiger charge is 2.42. The van der Waals surface area contributed by atoms with Gasteiger partial charge in [-0.2, -0.15) is 5.26 Å². The van der Waals surface area contributed by atoms with Crippen molar-refractivity contribution in [2.45, 2.75) is 19.4 Å². The van der Waals surface area contributed by atoms with Crippen LogP contribution in [-0.4, -0.2) is 31.1 Å². The number of halogens is 1. The molecule has 106 valence electrons. The van der Waals surface area contributed by atoms with E-state index >= 15 is 0 Å². The SMILES string of the molecule is CN(Cc1ccc(F)cc1)C(=O)C1(C#N)CCOCC1. The Morgan fingerprint density at radius 1 is 1.40 bits per heavy atom. The number of hydrogen-bond acceptors (Lipinski definition) is 3. The highest BCUT2D eigenvalue weighted by Crippen LogP contribution is 2.32. The molecular formula is C15H17FN2O2. The van der Waals surface area contributed by atoms with Gasteiger partial charge in [-0.3, -0.25) is 4.79 Å². The number of carbonyl (C=O) groups is 1. The molecule has 0 aromatic heterocycles. The number of hydrogen-bond donors (Lipinski definition) is 0. The first-order valence-electron chi connectivity index (χ1n) is 6.56. The summed E-state index contributed by atoms with van der Waals surface area (Å²) in [4.78, 5) is 14.0. The van der Waals surface area contributed by atoms with E-state index in [1.54, 1.807) is 19.2 Å². The molecule has 0 N–H and O–H groups in total. The fraction of sp³-hybridized carbons (Fsp3) is 0.467. The smallest absolute Gasteiger partial charge is 0.243 e. The van der Waals surface area contributed by atoms with Crippen LogP contribution in [0, 0.1) is 22.6 Å². The second-order valence-corrected chi connectivity index (χ2v) is 5.09. The molecule has 5 heteroatoms. The van der Waals surface area contributed by atoms with E-state index in [9.17, 15) is 14.4 Å². The van der Waals surface area contributed by atoms with Gasteiger partial charge in [0.2, 0.25) is 5.91 Å². The number of nitrogens with zero attached hydrogens (tertiary/aromatic N) is 2. The van der Waals surface area contributed by atoms with Gasteiger partial charge in [0, 0.05) is 26.8 Å². The molecule has 1 amide bonds. The van der Waals surface area contributed by atoms with Crippen LogP contribution in [0.5, 0.6) is 0 Å². The number of carbonyl (C=O) groups excluding carboxylic acids is 1. The summed E-state index contributed by atoms with van der Waals surface area (Å²) in [5.41, 5.74) is -0.144. The average Bonchev–Trinajstić information content (AvgIpc) is 2.49. The van der Waals surface area contributed by atoms with Crippen LogP contribution in [0.1, 0.15) is 18.4 Å². The Hall–Kier alpha value is -1.93. The van der Waals surface area contributed by atoms with Crippen molar-refractivity contribution in [3.8, 4) is 6.07 Å². The molecule has 1 aliphatic heterocycles. The van der Waals surface area contributed by atoms with Gasteiger partial charge < -0.3 is 9.64 Å². The lowest BCUT2D eigenvalue weighted by Crippen LogP contribution is -2.44. The van der Waals surface area contributed by atoms with Crippen molar-refractivity contribution >= 4 is 5.91 Å². The number of nitriles is 1. The number of ether oxygens (including phenoxy) is 1. The van der Waals surface area contributed by atoms with Gasteiger partial charge in [0.15, 0.2) is 0 Å². The van der Waals surface area contributed by atoms with Crippen molar-refractivity contribution in [2.24, 2.45) is 5.41 Å². The van der Waals surface area contributed by atoms with E-state index in [-0.39, 0.29) is 11.7 Å². The maximum absolute atomic E-state index is 12.9. The lowest BCUT2D eigenvalue weighted by molar-refractivity contribution is -0.142. The molecule has 0 aliphatic carbocycles. The third-order valence-corrected chi connectivity index (χ3v) is 3.65. The molecule has 0 saturated carbocycles. The summed E-state index contributed by atoms with van der Waals surface area (Å²) >= 11 is 0. The van der Waals surface area contributed by atoms with E-state index in [1.807, 2.05) is 0 Å². The Bertz CT molecular complexity index is 516. The molecule has 0 atom stereocenters. The molecule has 1 aliphatic rings. The fourth-order valence-electron chi connectivity index (χ4n) is 2.39. The first-order valence-corrected chi connectivity index (χ1v) is 6.56. The van der Waals surface area contributed by atoms with Gasteiger partial charge in [-0.1, -0.05) is 12.1 Å². The molecule has 1 heterocycles. The summed E-state index contributed by atoms with van der Waals surface area (Å²) in [6.07, 6.45) is 0.853. The van der Waals surface area contributed by atoms with Gasteiger partial charge in [-0.15, -0.1) is 0 Å². The van der Waals surface area contributed by atoms with Crippen molar-refractivity contribution in [2.75, 3.05) is 20.3 Å². The number of rotatable bonds is 3. The predicted octanol–water partition coefficient (Wildman–Crippen LogP) is 2.10. The lowest BCUT2D eigenvalue weighted by Gasteiger charge is -2.33. The molecule has 0 unspecified atom stereocenters. The van der Waals surface area contributed by atoms with E-state index in [0.29, 0.717) is 32.6 Å². The van der Waals surface area contributed by atoms with Gasteiger partial charge >= 0.3 is 0 Å². The van der Waals surface area contributed by atoms with Crippen LogP contribution in [0.3, 0.4) is 0 Å². The number of amides is 1. The van der Waals surface area contributed by atoms with Gasteiger partial charge in [-0.25, -0.2) is 4.39 Å². The Labute approximate surface area is 117 Å². The summed E-state index contributed by atoms with van der Waals surface area (Å²) in [6, 6.07) is 8.17. The van der Waals surface area contributed by atoms with Crippen molar-refractivity contribution in [3.63, 3.8) is 0 Å². The molecule has 0 bridgehead atoms. The molecule has 1 fully saturated rings. The molecular weight excluding hydrogens is 259 g/mol. The topological polar surface area (TPSA) is 53.3 Å². The summed E-state index contributed by atoms with van der Waals surface area (Å²) in [7, 11) is 1.67. The van der Waals surface area contributed by atoms with Crippen LogP contribution in [0.25, 0.3) is 0 Å². The Kier molecular flexibility index (Phi) is 4.35. The zero-order valence-corrected chi connectivity index (χ0v) is 11.4. The fourth-order valence-corrected chi connectivity index (χ4v) is 2.39. The van der Waals surface area contributed by atoms with E-state index < -0.39 is 5.41 Å². The molecule has 1 saturated heterocycles. The third kappa shape index (κ3) is 2.97. The van der Waals surface area contributed by atoms with Gasteiger partial charge in [0.05, 0.1) is 6.07 Å². The Morgan fingerprint density at radius 2 is 2.00 bits per heavy atom. The van der Waals surface area contributed by atoms with Gasteiger partial charge in [0.1, 0.15) is 11.2 Å². The highest BCUT2D eigenvalue weighted by atomic mass is 19.1. The second kappa shape index (κ2) is 6.02. The average molecular weight is 276 g/mol. The third-order valence-electron chi connectivity index (χ3n) is 3.65. The predicted molar refractivity (Wildman–Crippen MR) is 71.0 cm³/mol. The summed E-state index contributed by atoms with van der Waals surface area (Å²) in [6.45, 7) is 1.23. The minimum atomic E-state index is -0.979. The van der Waals surface area contributed by atoms with E-state index in [2.05, 4.69) is 6.07 Å². The zero-order valence-electron chi connectivity index (χ0n) is 11.4.